The van der Waals surface area contributed by atoms with Crippen molar-refractivity contribution in [3.8, 4) is 0 Å². The van der Waals surface area contributed by atoms with Gasteiger partial charge >= 0.3 is 0 Å². The molecule has 4 nitrogen and oxygen atoms in total. The Morgan fingerprint density at radius 1 is 1.35 bits per heavy atom. The summed E-state index contributed by atoms with van der Waals surface area (Å²) in [4.78, 5) is 12.3. The number of rotatable bonds is 3. The van der Waals surface area contributed by atoms with E-state index in [9.17, 15) is 9.90 Å². The first kappa shape index (κ1) is 16.1. The molecule has 0 bridgehead atoms. The second-order valence-corrected chi connectivity index (χ2v) is 7.67. The van der Waals surface area contributed by atoms with Gasteiger partial charge in [-0.05, 0) is 37.5 Å². The van der Waals surface area contributed by atoms with E-state index in [0.29, 0.717) is 17.5 Å². The van der Waals surface area contributed by atoms with Crippen LogP contribution in [0.5, 0.6) is 0 Å². The maximum Gasteiger partial charge on any atom is 0.237 e. The van der Waals surface area contributed by atoms with Gasteiger partial charge in [-0.25, -0.2) is 0 Å². The smallest absolute Gasteiger partial charge is 0.237 e. The molecule has 116 valence electrons. The summed E-state index contributed by atoms with van der Waals surface area (Å²) in [7, 11) is 0. The number of aliphatic hydroxyl groups is 1. The Hall–Kier alpha value is -0.320. The van der Waals surface area contributed by atoms with Gasteiger partial charge in [-0.3, -0.25) is 4.79 Å². The summed E-state index contributed by atoms with van der Waals surface area (Å²) >= 11 is 0. The minimum atomic E-state index is -0.0871. The van der Waals surface area contributed by atoms with E-state index in [1.807, 2.05) is 0 Å². The minimum Gasteiger partial charge on any atom is -0.396 e. The number of hydrogen-bond donors (Lipinski definition) is 3. The number of amides is 1. The molecule has 5 heteroatoms. The number of nitrogens with one attached hydrogen (secondary N) is 2. The fourth-order valence-corrected chi connectivity index (χ4v) is 4.05. The van der Waals surface area contributed by atoms with Gasteiger partial charge in [0.05, 0.1) is 12.6 Å². The predicted molar refractivity (Wildman–Crippen MR) is 80.9 cm³/mol. The molecule has 3 aliphatic rings. The second kappa shape index (κ2) is 5.47. The summed E-state index contributed by atoms with van der Waals surface area (Å²) in [6, 6.07) is 0.618. The lowest BCUT2D eigenvalue weighted by molar-refractivity contribution is -0.124. The van der Waals surface area contributed by atoms with Gasteiger partial charge in [-0.15, -0.1) is 12.4 Å². The predicted octanol–water partition coefficient (Wildman–Crippen LogP) is 1.61. The van der Waals surface area contributed by atoms with Gasteiger partial charge in [-0.2, -0.15) is 0 Å². The van der Waals surface area contributed by atoms with E-state index in [1.54, 1.807) is 0 Å². The third-order valence-corrected chi connectivity index (χ3v) is 5.39. The number of carbonyl (C=O) groups excluding carboxylic acids is 1. The number of piperidine rings is 1. The van der Waals surface area contributed by atoms with E-state index >= 15 is 0 Å². The number of carbonyl (C=O) groups is 1. The van der Waals surface area contributed by atoms with Crippen molar-refractivity contribution in [3.05, 3.63) is 0 Å². The molecule has 0 aromatic heterocycles. The Morgan fingerprint density at radius 2 is 2.10 bits per heavy atom. The molecule has 1 aliphatic heterocycles. The van der Waals surface area contributed by atoms with Crippen LogP contribution in [0.25, 0.3) is 0 Å². The molecule has 1 saturated heterocycles. The van der Waals surface area contributed by atoms with Crippen molar-refractivity contribution in [2.45, 2.75) is 70.5 Å². The Bertz CT molecular complexity index is 384. The Balaban J connectivity index is 0.00000147. The highest BCUT2D eigenvalue weighted by Gasteiger charge is 2.61. The maximum absolute atomic E-state index is 12.3. The Morgan fingerprint density at radius 3 is 2.70 bits per heavy atom. The molecular weight excluding hydrogens is 276 g/mol. The highest BCUT2D eigenvalue weighted by molar-refractivity contribution is 5.85. The lowest BCUT2D eigenvalue weighted by atomic mass is 9.75. The van der Waals surface area contributed by atoms with Gasteiger partial charge in [0, 0.05) is 17.5 Å². The van der Waals surface area contributed by atoms with Crippen LogP contribution in [0, 0.1) is 10.8 Å². The van der Waals surface area contributed by atoms with Gasteiger partial charge in [0.25, 0.3) is 0 Å². The summed E-state index contributed by atoms with van der Waals surface area (Å²) in [5, 5.41) is 16.0. The van der Waals surface area contributed by atoms with Crippen LogP contribution < -0.4 is 10.6 Å². The zero-order valence-electron chi connectivity index (χ0n) is 12.4. The molecular formula is C15H27ClN2O2. The quantitative estimate of drug-likeness (QED) is 0.742. The highest BCUT2D eigenvalue weighted by atomic mass is 35.5. The average Bonchev–Trinajstić information content (AvgIpc) is 2.90. The van der Waals surface area contributed by atoms with E-state index in [-0.39, 0.29) is 36.4 Å². The molecule has 0 radical (unpaired) electrons. The average molecular weight is 303 g/mol. The fraction of sp³-hybridized carbons (Fsp3) is 0.933. The van der Waals surface area contributed by atoms with Crippen LogP contribution in [0.15, 0.2) is 0 Å². The van der Waals surface area contributed by atoms with Crippen LogP contribution in [0.1, 0.15) is 52.4 Å². The fourth-order valence-electron chi connectivity index (χ4n) is 4.05. The van der Waals surface area contributed by atoms with Crippen LogP contribution in [0.2, 0.25) is 0 Å². The Labute approximate surface area is 127 Å². The monoisotopic (exact) mass is 302 g/mol. The van der Waals surface area contributed by atoms with E-state index in [1.165, 1.54) is 12.8 Å². The van der Waals surface area contributed by atoms with Crippen molar-refractivity contribution in [1.82, 2.24) is 10.6 Å². The normalized spacial score (nSPS) is 41.5. The number of hydrogen-bond acceptors (Lipinski definition) is 3. The number of halogens is 1. The molecule has 4 atom stereocenters. The second-order valence-electron chi connectivity index (χ2n) is 7.67. The van der Waals surface area contributed by atoms with Gasteiger partial charge in [-0.1, -0.05) is 20.3 Å². The maximum atomic E-state index is 12.3. The lowest BCUT2D eigenvalue weighted by Gasteiger charge is -2.36. The first-order valence-electron chi connectivity index (χ1n) is 7.61. The van der Waals surface area contributed by atoms with Crippen molar-refractivity contribution in [3.63, 3.8) is 0 Å². The van der Waals surface area contributed by atoms with E-state index < -0.39 is 0 Å². The van der Waals surface area contributed by atoms with Crippen molar-refractivity contribution >= 4 is 18.3 Å². The van der Waals surface area contributed by atoms with Crippen LogP contribution in [0.3, 0.4) is 0 Å². The van der Waals surface area contributed by atoms with Gasteiger partial charge < -0.3 is 15.7 Å². The van der Waals surface area contributed by atoms with Crippen molar-refractivity contribution in [2.75, 3.05) is 6.61 Å². The molecule has 2 aliphatic carbocycles. The zero-order chi connectivity index (χ0) is 13.7. The number of aliphatic hydroxyl groups excluding tert-OH is 1. The highest BCUT2D eigenvalue weighted by Crippen LogP contribution is 2.54. The summed E-state index contributed by atoms with van der Waals surface area (Å²) in [6.07, 6.45) is 6.49. The third kappa shape index (κ3) is 2.97. The van der Waals surface area contributed by atoms with E-state index in [0.717, 1.165) is 25.7 Å². The first-order valence-corrected chi connectivity index (χ1v) is 7.61. The van der Waals surface area contributed by atoms with Gasteiger partial charge in [0.15, 0.2) is 0 Å². The minimum absolute atomic E-state index is 0. The molecule has 0 aromatic carbocycles. The molecule has 3 rings (SSSR count). The van der Waals surface area contributed by atoms with E-state index in [4.69, 9.17) is 0 Å². The summed E-state index contributed by atoms with van der Waals surface area (Å²) < 4.78 is 0. The zero-order valence-corrected chi connectivity index (χ0v) is 13.3. The molecule has 3 N–H and O–H groups in total. The van der Waals surface area contributed by atoms with Gasteiger partial charge in [0.2, 0.25) is 5.91 Å². The molecule has 0 spiro atoms. The molecule has 1 amide bonds. The molecule has 2 saturated carbocycles. The Kier molecular flexibility index (Phi) is 4.39. The summed E-state index contributed by atoms with van der Waals surface area (Å²) in [5.74, 6) is 0.141. The first-order chi connectivity index (χ1) is 8.94. The van der Waals surface area contributed by atoms with E-state index in [2.05, 4.69) is 24.5 Å². The van der Waals surface area contributed by atoms with Gasteiger partial charge in [0.1, 0.15) is 0 Å². The largest absolute Gasteiger partial charge is 0.396 e. The summed E-state index contributed by atoms with van der Waals surface area (Å²) in [6.45, 7) is 4.79. The number of fused-ring (bicyclic) bond motifs is 1. The van der Waals surface area contributed by atoms with Crippen LogP contribution in [-0.4, -0.2) is 35.7 Å². The molecule has 0 aromatic rings. The van der Waals surface area contributed by atoms with Crippen LogP contribution >= 0.6 is 12.4 Å². The molecule has 1 heterocycles. The SMILES string of the molecule is CC1(C)CCCC(NC(=O)[C@@H]2C[C@@]3(CO)C[C@H]3N2)C1.Cl. The van der Waals surface area contributed by atoms with Crippen LogP contribution in [0.4, 0.5) is 0 Å². The summed E-state index contributed by atoms with van der Waals surface area (Å²) in [5.41, 5.74) is 0.377. The third-order valence-electron chi connectivity index (χ3n) is 5.39. The molecule has 20 heavy (non-hydrogen) atoms. The van der Waals surface area contributed by atoms with Crippen molar-refractivity contribution in [2.24, 2.45) is 10.8 Å². The lowest BCUT2D eigenvalue weighted by Crippen LogP contribution is -2.48. The van der Waals surface area contributed by atoms with Crippen molar-refractivity contribution in [1.29, 1.82) is 0 Å². The van der Waals surface area contributed by atoms with Crippen LogP contribution in [-0.2, 0) is 4.79 Å². The standard InChI is InChI=1S/C15H26N2O2.ClH/c1-14(2)5-3-4-10(6-14)16-13(19)11-7-15(9-18)8-12(15)17-11;/h10-12,17-18H,3-9H2,1-2H3,(H,16,19);1H/t10?,11-,12+,15-;/m0./s1. The topological polar surface area (TPSA) is 61.4 Å². The molecule has 3 fully saturated rings. The van der Waals surface area contributed by atoms with Crippen molar-refractivity contribution < 1.29 is 9.90 Å². The molecule has 1 unspecified atom stereocenters.